The molecule has 3 nitrogen and oxygen atoms in total. The number of para-hydroxylation sites is 1. The second-order valence-electron chi connectivity index (χ2n) is 6.32. The summed E-state index contributed by atoms with van der Waals surface area (Å²) in [5.41, 5.74) is 0.772. The zero-order valence-electron chi connectivity index (χ0n) is 13.2. The maximum absolute atomic E-state index is 14.7. The van der Waals surface area contributed by atoms with Crippen LogP contribution in [0.3, 0.4) is 0 Å². The van der Waals surface area contributed by atoms with Gasteiger partial charge < -0.3 is 18.7 Å². The molecule has 1 heterocycles. The molecule has 0 amide bonds. The Hall–Kier alpha value is -0.913. The predicted molar refractivity (Wildman–Crippen MR) is 83.8 cm³/mol. The standard InChI is InChI=1S/C16H25FO3Si/c1-11-15(19-2)12-7-5-6-8-13(12)20-16(11)14(9-10-18)21(3,4)17/h5-8,11,14-16,18H,9-10H2,1-4H3/t11-,14?,15-,16-/m1/s1. The quantitative estimate of drug-likeness (QED) is 0.665. The Kier molecular flexibility index (Phi) is 5.06. The normalized spacial score (nSPS) is 26.9. The van der Waals surface area contributed by atoms with Crippen LogP contribution in [0.2, 0.25) is 18.6 Å². The molecule has 1 unspecified atom stereocenters. The molecule has 0 aromatic heterocycles. The van der Waals surface area contributed by atoms with Gasteiger partial charge in [0.1, 0.15) is 11.9 Å². The van der Waals surface area contributed by atoms with E-state index in [4.69, 9.17) is 9.47 Å². The molecule has 4 atom stereocenters. The summed E-state index contributed by atoms with van der Waals surface area (Å²) in [4.78, 5) is 0. The first-order valence-electron chi connectivity index (χ1n) is 7.48. The Balaban J connectivity index is 2.37. The van der Waals surface area contributed by atoms with Crippen molar-refractivity contribution in [3.05, 3.63) is 29.8 Å². The van der Waals surface area contributed by atoms with Gasteiger partial charge in [-0.25, -0.2) is 0 Å². The lowest BCUT2D eigenvalue weighted by atomic mass is 9.86. The van der Waals surface area contributed by atoms with Crippen molar-refractivity contribution in [2.45, 2.75) is 44.2 Å². The number of methoxy groups -OCH3 is 1. The van der Waals surface area contributed by atoms with E-state index >= 15 is 0 Å². The molecular weight excluding hydrogens is 287 g/mol. The van der Waals surface area contributed by atoms with Gasteiger partial charge in [-0.1, -0.05) is 25.1 Å². The van der Waals surface area contributed by atoms with Gasteiger partial charge in [0.05, 0.1) is 6.10 Å². The lowest BCUT2D eigenvalue weighted by Gasteiger charge is -2.42. The third kappa shape index (κ3) is 3.30. The number of benzene rings is 1. The van der Waals surface area contributed by atoms with Crippen molar-refractivity contribution in [3.8, 4) is 5.75 Å². The zero-order chi connectivity index (χ0) is 15.6. The third-order valence-electron chi connectivity index (χ3n) is 4.46. The molecule has 1 aromatic carbocycles. The molecule has 1 aromatic rings. The van der Waals surface area contributed by atoms with E-state index in [2.05, 4.69) is 0 Å². The Morgan fingerprint density at radius 3 is 2.62 bits per heavy atom. The van der Waals surface area contributed by atoms with Gasteiger partial charge in [-0.05, 0) is 25.6 Å². The van der Waals surface area contributed by atoms with Crippen LogP contribution in [0.5, 0.6) is 5.75 Å². The Morgan fingerprint density at radius 2 is 2.05 bits per heavy atom. The van der Waals surface area contributed by atoms with Crippen molar-refractivity contribution in [2.75, 3.05) is 13.7 Å². The highest BCUT2D eigenvalue weighted by Crippen LogP contribution is 2.46. The van der Waals surface area contributed by atoms with Gasteiger partial charge >= 0.3 is 0 Å². The van der Waals surface area contributed by atoms with Gasteiger partial charge in [0.25, 0.3) is 0 Å². The Bertz CT molecular complexity index is 475. The summed E-state index contributed by atoms with van der Waals surface area (Å²) < 4.78 is 26.5. The van der Waals surface area contributed by atoms with Gasteiger partial charge in [0.2, 0.25) is 8.41 Å². The van der Waals surface area contributed by atoms with Crippen LogP contribution < -0.4 is 4.74 Å². The molecule has 0 fully saturated rings. The summed E-state index contributed by atoms with van der Waals surface area (Å²) in [6.07, 6.45) is 0.0738. The average Bonchev–Trinajstić information content (AvgIpc) is 2.43. The van der Waals surface area contributed by atoms with Crippen LogP contribution in [0.25, 0.3) is 0 Å². The topological polar surface area (TPSA) is 38.7 Å². The van der Waals surface area contributed by atoms with Crippen LogP contribution in [0.15, 0.2) is 24.3 Å². The summed E-state index contributed by atoms with van der Waals surface area (Å²) in [6, 6.07) is 7.77. The lowest BCUT2D eigenvalue weighted by Crippen LogP contribution is -2.46. The van der Waals surface area contributed by atoms with Crippen molar-refractivity contribution in [2.24, 2.45) is 5.92 Å². The highest BCUT2D eigenvalue weighted by Gasteiger charge is 2.46. The molecule has 1 aliphatic heterocycles. The minimum absolute atomic E-state index is 0.0170. The molecule has 0 saturated carbocycles. The number of aliphatic hydroxyl groups excluding tert-OH is 1. The SMILES string of the molecule is CO[C@H]1c2ccccc2O[C@@H](C(CCO)[Si](C)(C)F)[C@@H]1C. The highest BCUT2D eigenvalue weighted by atomic mass is 28.4. The van der Waals surface area contributed by atoms with E-state index < -0.39 is 8.41 Å². The maximum Gasteiger partial charge on any atom is 0.247 e. The molecule has 1 aliphatic rings. The number of ether oxygens (including phenoxy) is 2. The fraction of sp³-hybridized carbons (Fsp3) is 0.625. The van der Waals surface area contributed by atoms with E-state index in [0.717, 1.165) is 11.3 Å². The Labute approximate surface area is 127 Å². The summed E-state index contributed by atoms with van der Waals surface area (Å²) in [5.74, 6) is 0.817. The smallest absolute Gasteiger partial charge is 0.247 e. The molecule has 21 heavy (non-hydrogen) atoms. The molecule has 0 bridgehead atoms. The first kappa shape index (κ1) is 16.5. The van der Waals surface area contributed by atoms with Gasteiger partial charge in [-0.3, -0.25) is 0 Å². The van der Waals surface area contributed by atoms with Crippen LogP contribution in [0, 0.1) is 5.92 Å². The van der Waals surface area contributed by atoms with Gasteiger partial charge in [-0.15, -0.1) is 0 Å². The molecule has 0 saturated heterocycles. The average molecular weight is 312 g/mol. The highest BCUT2D eigenvalue weighted by molar-refractivity contribution is 6.72. The van der Waals surface area contributed by atoms with Crippen LogP contribution >= 0.6 is 0 Å². The van der Waals surface area contributed by atoms with E-state index in [1.165, 1.54) is 0 Å². The summed E-state index contributed by atoms with van der Waals surface area (Å²) >= 11 is 0. The molecule has 2 rings (SSSR count). The van der Waals surface area contributed by atoms with Crippen LogP contribution in [-0.2, 0) is 4.74 Å². The number of hydrogen-bond acceptors (Lipinski definition) is 3. The molecule has 0 spiro atoms. The minimum atomic E-state index is -2.94. The molecule has 0 aliphatic carbocycles. The van der Waals surface area contributed by atoms with E-state index in [0.29, 0.717) is 6.42 Å². The van der Waals surface area contributed by atoms with Crippen molar-refractivity contribution in [1.82, 2.24) is 0 Å². The van der Waals surface area contributed by atoms with Crippen LogP contribution in [0.4, 0.5) is 4.11 Å². The minimum Gasteiger partial charge on any atom is -0.490 e. The molecule has 0 radical (unpaired) electrons. The second-order valence-corrected chi connectivity index (χ2v) is 10.2. The van der Waals surface area contributed by atoms with E-state index in [9.17, 15) is 9.21 Å². The summed E-state index contributed by atoms with van der Waals surface area (Å²) in [5, 5.41) is 9.30. The zero-order valence-corrected chi connectivity index (χ0v) is 14.2. The lowest BCUT2D eigenvalue weighted by molar-refractivity contribution is -0.0250. The van der Waals surface area contributed by atoms with Crippen molar-refractivity contribution in [1.29, 1.82) is 0 Å². The fourth-order valence-corrected chi connectivity index (χ4v) is 5.33. The third-order valence-corrected chi connectivity index (χ3v) is 6.84. The summed E-state index contributed by atoms with van der Waals surface area (Å²) in [6.45, 7) is 5.40. The predicted octanol–water partition coefficient (Wildman–Crippen LogP) is 3.70. The van der Waals surface area contributed by atoms with Crippen LogP contribution in [-0.4, -0.2) is 33.3 Å². The number of aliphatic hydroxyl groups is 1. The van der Waals surface area contributed by atoms with Gasteiger partial charge in [0.15, 0.2) is 0 Å². The molecular formula is C16H25FO3Si. The van der Waals surface area contributed by atoms with Gasteiger partial charge in [-0.2, -0.15) is 0 Å². The molecule has 118 valence electrons. The first-order valence-corrected chi connectivity index (χ1v) is 10.4. The van der Waals surface area contributed by atoms with Gasteiger partial charge in [0, 0.05) is 30.7 Å². The van der Waals surface area contributed by atoms with Crippen molar-refractivity contribution >= 4 is 8.41 Å². The number of fused-ring (bicyclic) bond motifs is 1. The molecule has 5 heteroatoms. The number of rotatable bonds is 5. The number of hydrogen-bond donors (Lipinski definition) is 1. The first-order chi connectivity index (χ1) is 9.90. The van der Waals surface area contributed by atoms with Crippen LogP contribution in [0.1, 0.15) is 25.0 Å². The van der Waals surface area contributed by atoms with E-state index in [1.807, 2.05) is 31.2 Å². The van der Waals surface area contributed by atoms with E-state index in [1.54, 1.807) is 20.2 Å². The Morgan fingerprint density at radius 1 is 1.38 bits per heavy atom. The molecule has 1 N–H and O–H groups in total. The van der Waals surface area contributed by atoms with Crippen molar-refractivity contribution in [3.63, 3.8) is 0 Å². The largest absolute Gasteiger partial charge is 0.490 e. The maximum atomic E-state index is 14.7. The fourth-order valence-electron chi connectivity index (χ4n) is 3.36. The summed E-state index contributed by atoms with van der Waals surface area (Å²) in [7, 11) is -1.26. The second kappa shape index (κ2) is 6.46. The van der Waals surface area contributed by atoms with Crippen molar-refractivity contribution < 1.29 is 18.7 Å². The number of halogens is 1. The van der Waals surface area contributed by atoms with E-state index in [-0.39, 0.29) is 30.3 Å². The monoisotopic (exact) mass is 312 g/mol.